The van der Waals surface area contributed by atoms with Gasteiger partial charge in [0.15, 0.2) is 6.61 Å². The van der Waals surface area contributed by atoms with E-state index in [1.807, 2.05) is 0 Å². The minimum absolute atomic E-state index is 0.0265. The minimum Gasteiger partial charge on any atom is -0.484 e. The van der Waals surface area contributed by atoms with Crippen LogP contribution in [0.1, 0.15) is 39.0 Å². The molecule has 0 atom stereocenters. The molecule has 0 saturated carbocycles. The number of benzene rings is 1. The maximum Gasteiger partial charge on any atom is 0.340 e. The highest BCUT2D eigenvalue weighted by molar-refractivity contribution is 6.32. The summed E-state index contributed by atoms with van der Waals surface area (Å²) in [7, 11) is 0. The number of aromatic amines is 1. The van der Waals surface area contributed by atoms with Crippen LogP contribution in [0.2, 0.25) is 5.02 Å². The van der Waals surface area contributed by atoms with Crippen LogP contribution in [0, 0.1) is 24.0 Å². The van der Waals surface area contributed by atoms with E-state index in [1.165, 1.54) is 12.1 Å². The third-order valence-corrected chi connectivity index (χ3v) is 3.98. The average Bonchev–Trinajstić information content (AvgIpc) is 2.88. The molecule has 0 spiro atoms. The molecule has 1 aromatic carbocycles. The molecule has 0 saturated heterocycles. The normalized spacial score (nSPS) is 10.5. The maximum absolute atomic E-state index is 12.4. The number of hydrogen-bond acceptors (Lipinski definition) is 6. The Hall–Kier alpha value is -2.87. The molecular weight excluding hydrogens is 364 g/mol. The number of carbonyl (C=O) groups excluding carboxylic acids is 2. The van der Waals surface area contributed by atoms with Gasteiger partial charge >= 0.3 is 5.97 Å². The van der Waals surface area contributed by atoms with Crippen LogP contribution >= 0.6 is 11.6 Å². The number of carbonyl (C=O) groups is 2. The number of Topliss-reactive ketones (excluding diaryl/α,β-unsaturated/α-hetero) is 1. The SMILES string of the molecule is CCOC(=O)c1c(C)[nH]c(C(=O)COc2ccc([N+](=O)[O-])cc2Cl)c1C. The average molecular weight is 381 g/mol. The molecule has 9 heteroatoms. The van der Waals surface area contributed by atoms with Crippen LogP contribution in [0.5, 0.6) is 5.75 Å². The number of aryl methyl sites for hydroxylation is 1. The second-order valence-corrected chi connectivity index (χ2v) is 5.84. The lowest BCUT2D eigenvalue weighted by Gasteiger charge is -2.07. The van der Waals surface area contributed by atoms with E-state index >= 15 is 0 Å². The monoisotopic (exact) mass is 380 g/mol. The summed E-state index contributed by atoms with van der Waals surface area (Å²) in [6.07, 6.45) is 0. The first kappa shape index (κ1) is 19.5. The number of aromatic nitrogens is 1. The molecule has 0 fully saturated rings. The lowest BCUT2D eigenvalue weighted by atomic mass is 10.1. The van der Waals surface area contributed by atoms with E-state index in [9.17, 15) is 19.7 Å². The Morgan fingerprint density at radius 3 is 2.58 bits per heavy atom. The van der Waals surface area contributed by atoms with Gasteiger partial charge in [0.25, 0.3) is 5.69 Å². The molecule has 0 aliphatic carbocycles. The molecule has 0 unspecified atom stereocenters. The summed E-state index contributed by atoms with van der Waals surface area (Å²) >= 11 is 5.93. The summed E-state index contributed by atoms with van der Waals surface area (Å²) in [4.78, 5) is 37.4. The predicted molar refractivity (Wildman–Crippen MR) is 94.2 cm³/mol. The number of ketones is 1. The second-order valence-electron chi connectivity index (χ2n) is 5.43. The minimum atomic E-state index is -0.581. The van der Waals surface area contributed by atoms with Gasteiger partial charge in [0.2, 0.25) is 5.78 Å². The van der Waals surface area contributed by atoms with Crippen molar-refractivity contribution in [2.24, 2.45) is 0 Å². The fourth-order valence-electron chi connectivity index (χ4n) is 2.47. The van der Waals surface area contributed by atoms with Gasteiger partial charge in [-0.1, -0.05) is 11.6 Å². The lowest BCUT2D eigenvalue weighted by molar-refractivity contribution is -0.384. The Balaban J connectivity index is 2.15. The van der Waals surface area contributed by atoms with Crippen molar-refractivity contribution in [1.82, 2.24) is 4.98 Å². The molecule has 0 aliphatic heterocycles. The predicted octanol–water partition coefficient (Wildman–Crippen LogP) is 3.63. The number of rotatable bonds is 7. The first-order valence-electron chi connectivity index (χ1n) is 7.72. The molecule has 138 valence electrons. The van der Waals surface area contributed by atoms with Gasteiger partial charge in [-0.25, -0.2) is 4.79 Å². The molecular formula is C17H17ClN2O6. The van der Waals surface area contributed by atoms with Gasteiger partial charge in [-0.2, -0.15) is 0 Å². The third kappa shape index (κ3) is 4.02. The van der Waals surface area contributed by atoms with Gasteiger partial charge < -0.3 is 14.5 Å². The maximum atomic E-state index is 12.4. The van der Waals surface area contributed by atoms with Crippen LogP contribution in [-0.2, 0) is 4.74 Å². The van der Waals surface area contributed by atoms with E-state index in [2.05, 4.69) is 4.98 Å². The van der Waals surface area contributed by atoms with Crippen molar-refractivity contribution in [2.45, 2.75) is 20.8 Å². The second kappa shape index (κ2) is 8.01. The largest absolute Gasteiger partial charge is 0.484 e. The molecule has 0 radical (unpaired) electrons. The number of non-ortho nitro benzene ring substituents is 1. The number of nitro benzene ring substituents is 1. The molecule has 1 heterocycles. The Kier molecular flexibility index (Phi) is 5.99. The zero-order chi connectivity index (χ0) is 19.4. The van der Waals surface area contributed by atoms with Crippen LogP contribution < -0.4 is 4.74 Å². The summed E-state index contributed by atoms with van der Waals surface area (Å²) < 4.78 is 10.3. The number of esters is 1. The third-order valence-electron chi connectivity index (χ3n) is 3.68. The Morgan fingerprint density at radius 2 is 2.00 bits per heavy atom. The first-order valence-corrected chi connectivity index (χ1v) is 8.10. The molecule has 0 aliphatic rings. The van der Waals surface area contributed by atoms with Gasteiger partial charge in [-0.05, 0) is 32.4 Å². The standard InChI is InChI=1S/C17H17ClN2O6/c1-4-25-17(22)15-9(2)16(19-10(15)3)13(21)8-26-14-6-5-11(20(23)24)7-12(14)18/h5-7,19H,4,8H2,1-3H3. The Labute approximate surface area is 154 Å². The van der Waals surface area contributed by atoms with Crippen LogP contribution in [0.15, 0.2) is 18.2 Å². The highest BCUT2D eigenvalue weighted by Crippen LogP contribution is 2.29. The molecule has 0 amide bonds. The van der Waals surface area contributed by atoms with Crippen molar-refractivity contribution in [3.05, 3.63) is 55.9 Å². The van der Waals surface area contributed by atoms with Gasteiger partial charge in [-0.15, -0.1) is 0 Å². The smallest absolute Gasteiger partial charge is 0.340 e. The van der Waals surface area contributed by atoms with E-state index in [4.69, 9.17) is 21.1 Å². The number of hydrogen-bond donors (Lipinski definition) is 1. The summed E-state index contributed by atoms with van der Waals surface area (Å²) in [5, 5.41) is 10.7. The Bertz CT molecular complexity index is 874. The molecule has 2 aromatic rings. The van der Waals surface area contributed by atoms with Gasteiger partial charge in [0.05, 0.1) is 27.8 Å². The van der Waals surface area contributed by atoms with E-state index in [1.54, 1.807) is 20.8 Å². The zero-order valence-electron chi connectivity index (χ0n) is 14.4. The first-order chi connectivity index (χ1) is 12.3. The van der Waals surface area contributed by atoms with Crippen molar-refractivity contribution >= 4 is 29.0 Å². The number of nitro groups is 1. The Morgan fingerprint density at radius 1 is 1.31 bits per heavy atom. The molecule has 26 heavy (non-hydrogen) atoms. The number of ether oxygens (including phenoxy) is 2. The molecule has 0 bridgehead atoms. The summed E-state index contributed by atoms with van der Waals surface area (Å²) in [5.74, 6) is -0.745. The lowest BCUT2D eigenvalue weighted by Crippen LogP contribution is -2.14. The van der Waals surface area contributed by atoms with Crippen molar-refractivity contribution in [1.29, 1.82) is 0 Å². The van der Waals surface area contributed by atoms with Crippen LogP contribution in [0.25, 0.3) is 0 Å². The van der Waals surface area contributed by atoms with Crippen LogP contribution in [0.3, 0.4) is 0 Å². The fraction of sp³-hybridized carbons (Fsp3) is 0.294. The van der Waals surface area contributed by atoms with Crippen molar-refractivity contribution < 1.29 is 24.0 Å². The summed E-state index contributed by atoms with van der Waals surface area (Å²) in [6, 6.07) is 3.70. The number of nitrogens with zero attached hydrogens (tertiary/aromatic N) is 1. The van der Waals surface area contributed by atoms with Crippen LogP contribution in [0.4, 0.5) is 5.69 Å². The van der Waals surface area contributed by atoms with Crippen molar-refractivity contribution in [3.63, 3.8) is 0 Å². The van der Waals surface area contributed by atoms with Gasteiger partial charge in [-0.3, -0.25) is 14.9 Å². The van der Waals surface area contributed by atoms with Crippen LogP contribution in [-0.4, -0.2) is 34.9 Å². The molecule has 1 aromatic heterocycles. The van der Waals surface area contributed by atoms with E-state index in [0.29, 0.717) is 16.8 Å². The van der Waals surface area contributed by atoms with Gasteiger partial charge in [0, 0.05) is 17.8 Å². The zero-order valence-corrected chi connectivity index (χ0v) is 15.2. The summed E-state index contributed by atoms with van der Waals surface area (Å²) in [5.41, 5.74) is 1.39. The van der Waals surface area contributed by atoms with Gasteiger partial charge in [0.1, 0.15) is 5.75 Å². The fourth-order valence-corrected chi connectivity index (χ4v) is 2.70. The number of halogens is 1. The van der Waals surface area contributed by atoms with Crippen molar-refractivity contribution in [3.8, 4) is 5.75 Å². The molecule has 8 nitrogen and oxygen atoms in total. The topological polar surface area (TPSA) is 112 Å². The highest BCUT2D eigenvalue weighted by Gasteiger charge is 2.23. The quantitative estimate of drug-likeness (QED) is 0.340. The van der Waals surface area contributed by atoms with E-state index in [-0.39, 0.29) is 35.4 Å². The number of nitrogens with one attached hydrogen (secondary N) is 1. The molecule has 1 N–H and O–H groups in total. The number of H-pyrrole nitrogens is 1. The summed E-state index contributed by atoms with van der Waals surface area (Å²) in [6.45, 7) is 4.89. The highest BCUT2D eigenvalue weighted by atomic mass is 35.5. The van der Waals surface area contributed by atoms with E-state index in [0.717, 1.165) is 6.07 Å². The van der Waals surface area contributed by atoms with E-state index < -0.39 is 16.7 Å². The van der Waals surface area contributed by atoms with Crippen molar-refractivity contribution in [2.75, 3.05) is 13.2 Å². The molecule has 2 rings (SSSR count).